The van der Waals surface area contributed by atoms with Gasteiger partial charge in [-0.1, -0.05) is 0 Å². The number of hydrogen-bond acceptors (Lipinski definition) is 5. The zero-order valence-electron chi connectivity index (χ0n) is 12.2. The number of β-amino-alcohol motifs (C(OH)–C–C–N with tert-alkyl or cyclic N) is 1. The molecule has 1 saturated heterocycles. The van der Waals surface area contributed by atoms with Crippen molar-refractivity contribution in [2.45, 2.75) is 32.8 Å². The molecule has 0 spiro atoms. The van der Waals surface area contributed by atoms with Gasteiger partial charge < -0.3 is 19.5 Å². The number of anilines is 1. The summed E-state index contributed by atoms with van der Waals surface area (Å²) >= 11 is 0. The van der Waals surface area contributed by atoms with Gasteiger partial charge in [-0.25, -0.2) is 0 Å². The van der Waals surface area contributed by atoms with E-state index in [9.17, 15) is 15.0 Å². The first kappa shape index (κ1) is 13.9. The van der Waals surface area contributed by atoms with Gasteiger partial charge in [-0.15, -0.1) is 0 Å². The topological polar surface area (TPSA) is 73.9 Å². The van der Waals surface area contributed by atoms with Gasteiger partial charge >= 0.3 is 0 Å². The maximum absolute atomic E-state index is 12.5. The highest BCUT2D eigenvalue weighted by Gasteiger charge is 2.23. The number of aryl methyl sites for hydroxylation is 1. The number of fused-ring (bicyclic) bond motifs is 1. The molecule has 3 rings (SSSR count). The number of rotatable bonds is 1. The van der Waals surface area contributed by atoms with E-state index in [0.717, 1.165) is 19.4 Å². The second-order valence-electron chi connectivity index (χ2n) is 5.69. The van der Waals surface area contributed by atoms with Gasteiger partial charge in [-0.2, -0.15) is 0 Å². The molecule has 1 aliphatic heterocycles. The molecule has 2 aromatic rings. The number of nitrogens with zero attached hydrogens (tertiary/aromatic N) is 1. The molecule has 1 fully saturated rings. The fourth-order valence-corrected chi connectivity index (χ4v) is 2.90. The summed E-state index contributed by atoms with van der Waals surface area (Å²) in [5.41, 5.74) is 1.43. The maximum atomic E-state index is 12.5. The van der Waals surface area contributed by atoms with Crippen LogP contribution in [0.2, 0.25) is 0 Å². The number of aliphatic hydroxyl groups is 1. The molecule has 1 aliphatic rings. The van der Waals surface area contributed by atoms with E-state index in [0.29, 0.717) is 34.5 Å². The standard InChI is InChI=1S/C16H19NO4/c1-9-13(19)6-5-12-14(20)10(2)16(21-15(9)12)17-7-3-4-11(18)8-17/h5-6,11,18-19H,3-4,7-8H2,1-2H3. The first-order valence-corrected chi connectivity index (χ1v) is 7.18. The molecule has 1 atom stereocenters. The number of benzene rings is 1. The average Bonchev–Trinajstić information content (AvgIpc) is 2.46. The largest absolute Gasteiger partial charge is 0.508 e. The third-order valence-corrected chi connectivity index (χ3v) is 4.17. The van der Waals surface area contributed by atoms with Crippen molar-refractivity contribution in [3.63, 3.8) is 0 Å². The van der Waals surface area contributed by atoms with E-state index < -0.39 is 6.10 Å². The van der Waals surface area contributed by atoms with Gasteiger partial charge in [0.15, 0.2) is 5.43 Å². The number of piperidine rings is 1. The number of aliphatic hydroxyl groups excluding tert-OH is 1. The minimum atomic E-state index is -0.399. The minimum Gasteiger partial charge on any atom is -0.508 e. The summed E-state index contributed by atoms with van der Waals surface area (Å²) in [5, 5.41) is 20.1. The molecule has 0 aliphatic carbocycles. The van der Waals surface area contributed by atoms with Gasteiger partial charge in [-0.3, -0.25) is 4.79 Å². The van der Waals surface area contributed by atoms with E-state index in [4.69, 9.17) is 4.42 Å². The lowest BCUT2D eigenvalue weighted by atomic mass is 10.1. The summed E-state index contributed by atoms with van der Waals surface area (Å²) in [5.74, 6) is 0.610. The van der Waals surface area contributed by atoms with Crippen molar-refractivity contribution < 1.29 is 14.6 Å². The van der Waals surface area contributed by atoms with Crippen LogP contribution in [0.3, 0.4) is 0 Å². The smallest absolute Gasteiger partial charge is 0.203 e. The molecule has 112 valence electrons. The van der Waals surface area contributed by atoms with Gasteiger partial charge in [0, 0.05) is 18.7 Å². The monoisotopic (exact) mass is 289 g/mol. The van der Waals surface area contributed by atoms with Crippen LogP contribution in [0.4, 0.5) is 5.88 Å². The molecule has 0 bridgehead atoms. The summed E-state index contributed by atoms with van der Waals surface area (Å²) in [6, 6.07) is 3.10. The molecular weight excluding hydrogens is 270 g/mol. The van der Waals surface area contributed by atoms with Crippen LogP contribution in [-0.2, 0) is 0 Å². The van der Waals surface area contributed by atoms with Crippen molar-refractivity contribution >= 4 is 16.9 Å². The van der Waals surface area contributed by atoms with Crippen LogP contribution < -0.4 is 10.3 Å². The normalized spacial score (nSPS) is 19.2. The highest BCUT2D eigenvalue weighted by molar-refractivity contribution is 5.83. The molecule has 5 nitrogen and oxygen atoms in total. The SMILES string of the molecule is Cc1c(N2CCCC(O)C2)oc2c(C)c(O)ccc2c1=O. The van der Waals surface area contributed by atoms with Gasteiger partial charge in [0.1, 0.15) is 11.3 Å². The van der Waals surface area contributed by atoms with E-state index >= 15 is 0 Å². The van der Waals surface area contributed by atoms with Crippen LogP contribution >= 0.6 is 0 Å². The molecule has 0 amide bonds. The second-order valence-corrected chi connectivity index (χ2v) is 5.69. The van der Waals surface area contributed by atoms with E-state index in [1.165, 1.54) is 6.07 Å². The Hall–Kier alpha value is -2.01. The molecule has 21 heavy (non-hydrogen) atoms. The van der Waals surface area contributed by atoms with E-state index in [1.54, 1.807) is 19.9 Å². The first-order chi connectivity index (χ1) is 9.99. The van der Waals surface area contributed by atoms with Gasteiger partial charge in [0.05, 0.1) is 17.1 Å². The Morgan fingerprint density at radius 3 is 2.76 bits per heavy atom. The molecule has 0 radical (unpaired) electrons. The Balaban J connectivity index is 2.21. The Kier molecular flexibility index (Phi) is 3.37. The van der Waals surface area contributed by atoms with Gasteiger partial charge in [-0.05, 0) is 38.8 Å². The van der Waals surface area contributed by atoms with Gasteiger partial charge in [0.2, 0.25) is 5.88 Å². The summed E-state index contributed by atoms with van der Waals surface area (Å²) in [7, 11) is 0. The van der Waals surface area contributed by atoms with E-state index in [2.05, 4.69) is 0 Å². The van der Waals surface area contributed by atoms with Crippen molar-refractivity contribution in [2.75, 3.05) is 18.0 Å². The third kappa shape index (κ3) is 2.27. The fourth-order valence-electron chi connectivity index (χ4n) is 2.90. The fraction of sp³-hybridized carbons (Fsp3) is 0.438. The Morgan fingerprint density at radius 1 is 1.29 bits per heavy atom. The zero-order chi connectivity index (χ0) is 15.1. The highest BCUT2D eigenvalue weighted by atomic mass is 16.4. The summed E-state index contributed by atoms with van der Waals surface area (Å²) in [4.78, 5) is 14.4. The van der Waals surface area contributed by atoms with Crippen LogP contribution in [0.15, 0.2) is 21.3 Å². The Labute approximate surface area is 122 Å². The summed E-state index contributed by atoms with van der Waals surface area (Å²) in [6.45, 7) is 4.69. The molecule has 1 unspecified atom stereocenters. The Morgan fingerprint density at radius 2 is 2.05 bits per heavy atom. The number of phenols is 1. The minimum absolute atomic E-state index is 0.0885. The number of phenolic OH excluding ortho intramolecular Hbond substituents is 1. The lowest BCUT2D eigenvalue weighted by molar-refractivity contribution is 0.152. The molecule has 2 N–H and O–H groups in total. The third-order valence-electron chi connectivity index (χ3n) is 4.17. The number of aromatic hydroxyl groups is 1. The van der Waals surface area contributed by atoms with Crippen LogP contribution in [0, 0.1) is 13.8 Å². The molecule has 2 heterocycles. The maximum Gasteiger partial charge on any atom is 0.203 e. The summed E-state index contributed by atoms with van der Waals surface area (Å²) in [6.07, 6.45) is 1.23. The van der Waals surface area contributed by atoms with Crippen molar-refractivity contribution in [3.05, 3.63) is 33.5 Å². The predicted octanol–water partition coefficient (Wildman–Crippen LogP) is 2.08. The first-order valence-electron chi connectivity index (χ1n) is 7.18. The Bertz CT molecular complexity index is 750. The average molecular weight is 289 g/mol. The second kappa shape index (κ2) is 5.07. The van der Waals surface area contributed by atoms with Crippen molar-refractivity contribution in [1.82, 2.24) is 0 Å². The zero-order valence-corrected chi connectivity index (χ0v) is 12.2. The quantitative estimate of drug-likeness (QED) is 0.840. The number of hydrogen-bond donors (Lipinski definition) is 2. The molecule has 1 aromatic heterocycles. The molecule has 5 heteroatoms. The van der Waals surface area contributed by atoms with Crippen LogP contribution in [-0.4, -0.2) is 29.4 Å². The molecule has 1 aromatic carbocycles. The highest BCUT2D eigenvalue weighted by Crippen LogP contribution is 2.30. The van der Waals surface area contributed by atoms with Crippen molar-refractivity contribution in [2.24, 2.45) is 0 Å². The van der Waals surface area contributed by atoms with Gasteiger partial charge in [0.25, 0.3) is 0 Å². The van der Waals surface area contributed by atoms with Crippen molar-refractivity contribution in [1.29, 1.82) is 0 Å². The predicted molar refractivity (Wildman–Crippen MR) is 81.1 cm³/mol. The van der Waals surface area contributed by atoms with E-state index in [-0.39, 0.29) is 11.2 Å². The summed E-state index contributed by atoms with van der Waals surface area (Å²) < 4.78 is 5.93. The van der Waals surface area contributed by atoms with Crippen LogP contribution in [0.1, 0.15) is 24.0 Å². The molecular formula is C16H19NO4. The lowest BCUT2D eigenvalue weighted by Gasteiger charge is -2.31. The van der Waals surface area contributed by atoms with Crippen LogP contribution in [0.5, 0.6) is 5.75 Å². The van der Waals surface area contributed by atoms with Crippen molar-refractivity contribution in [3.8, 4) is 5.75 Å². The molecule has 0 saturated carbocycles. The van der Waals surface area contributed by atoms with Crippen LogP contribution in [0.25, 0.3) is 11.0 Å². The lowest BCUT2D eigenvalue weighted by Crippen LogP contribution is -2.39. The van der Waals surface area contributed by atoms with E-state index in [1.807, 2.05) is 4.90 Å².